The quantitative estimate of drug-likeness (QED) is 0.0451. The van der Waals surface area contributed by atoms with Gasteiger partial charge in [0, 0.05) is 45.3 Å². The number of carbonyl (C=O) groups is 1. The van der Waals surface area contributed by atoms with Gasteiger partial charge >= 0.3 is 0 Å². The molecule has 1 heterocycles. The molecule has 1 N–H and O–H groups in total. The second-order valence-electron chi connectivity index (χ2n) is 10.7. The number of nitro groups is 2. The van der Waals surface area contributed by atoms with Crippen LogP contribution >= 0.6 is 8.53 Å². The number of non-ortho nitro benzene ring substituents is 1. The van der Waals surface area contributed by atoms with Gasteiger partial charge in [-0.05, 0) is 70.4 Å². The van der Waals surface area contributed by atoms with E-state index in [2.05, 4.69) is 42.3 Å². The summed E-state index contributed by atoms with van der Waals surface area (Å²) in [4.78, 5) is 39.2. The fraction of sp³-hybridized carbons (Fsp3) is 0.438. The van der Waals surface area contributed by atoms with E-state index in [-0.39, 0.29) is 67.1 Å². The van der Waals surface area contributed by atoms with Crippen molar-refractivity contribution in [2.45, 2.75) is 65.2 Å². The molecule has 0 aromatic heterocycles. The molecule has 1 amide bonds. The molecule has 248 valence electrons. The summed E-state index contributed by atoms with van der Waals surface area (Å²) in [7, 11) is -0.164. The van der Waals surface area contributed by atoms with Crippen LogP contribution in [0.25, 0.3) is 23.1 Å². The maximum absolute atomic E-state index is 13.2. The van der Waals surface area contributed by atoms with E-state index >= 15 is 0 Å². The molecule has 0 radical (unpaired) electrons. The van der Waals surface area contributed by atoms with Gasteiger partial charge in [-0.1, -0.05) is 30.3 Å². The standard InChI is InChI=1S/C31H38N5O7P.CH4O/c1-22(2)34(23(3)4)44(42-18-17-32-6)43-29-19-24(5)33(21-29)31(37)16-12-26-9-7-25(8-10-26)11-13-27-14-15-28(35(38)39)20-30(27)36(40)41;1-2/h7-16,20,22-24,29H,17-19,21H2,1-5H3;2H,1H3/b13-11+,16-12+;/t24-,29-,44?;/m1./s1/i5D;2T. The van der Waals surface area contributed by atoms with Crippen molar-refractivity contribution in [2.75, 3.05) is 26.8 Å². The first-order valence-corrected chi connectivity index (χ1v) is 15.7. The number of nitro benzene ring substituents is 2. The molecular weight excluding hydrogens is 613 g/mol. The maximum Gasteiger partial charge on any atom is 0.283 e. The Labute approximate surface area is 274 Å². The van der Waals surface area contributed by atoms with Crippen LogP contribution in [0.15, 0.2) is 48.5 Å². The molecule has 1 aliphatic rings. The average Bonchev–Trinajstić information content (AvgIpc) is 3.46. The number of hydrogen-bond acceptors (Lipinski definition) is 9. The van der Waals surface area contributed by atoms with Crippen molar-refractivity contribution < 1.29 is 30.2 Å². The Balaban J connectivity index is 0.00000257. The topological polar surface area (TPSA) is 153 Å². The summed E-state index contributed by atoms with van der Waals surface area (Å²) in [6, 6.07) is 10.7. The van der Waals surface area contributed by atoms with Gasteiger partial charge in [0.05, 0.1) is 27.6 Å². The Morgan fingerprint density at radius 2 is 1.80 bits per heavy atom. The second kappa shape index (κ2) is 18.8. The molecule has 2 aromatic rings. The van der Waals surface area contributed by atoms with E-state index in [4.69, 9.17) is 18.4 Å². The zero-order valence-electron chi connectivity index (χ0n) is 28.6. The van der Waals surface area contributed by atoms with Crippen molar-refractivity contribution in [3.05, 3.63) is 96.9 Å². The van der Waals surface area contributed by atoms with Gasteiger partial charge < -0.3 is 23.9 Å². The summed E-state index contributed by atoms with van der Waals surface area (Å²) in [5.74, 6) is -0.226. The van der Waals surface area contributed by atoms with Crippen molar-refractivity contribution in [3.8, 4) is 0 Å². The highest BCUT2D eigenvalue weighted by molar-refractivity contribution is 7.44. The number of rotatable bonds is 14. The first-order chi connectivity index (χ1) is 22.9. The van der Waals surface area contributed by atoms with Gasteiger partial charge in [0.2, 0.25) is 13.9 Å². The zero-order valence-corrected chi connectivity index (χ0v) is 27.5. The van der Waals surface area contributed by atoms with Crippen molar-refractivity contribution in [3.63, 3.8) is 0 Å². The lowest BCUT2D eigenvalue weighted by Gasteiger charge is -2.36. The van der Waals surface area contributed by atoms with Gasteiger partial charge in [0.15, 0.2) is 0 Å². The maximum atomic E-state index is 13.2. The summed E-state index contributed by atoms with van der Waals surface area (Å²) in [6.45, 7) is 16.2. The van der Waals surface area contributed by atoms with E-state index < -0.39 is 18.4 Å². The Kier molecular flexibility index (Phi) is 14.2. The second-order valence-corrected chi connectivity index (χ2v) is 12.1. The molecule has 14 heteroatoms. The van der Waals surface area contributed by atoms with Crippen LogP contribution < -0.4 is 0 Å². The molecule has 1 unspecified atom stereocenters. The van der Waals surface area contributed by atoms with Crippen LogP contribution in [0.1, 0.15) is 59.1 Å². The predicted octanol–water partition coefficient (Wildman–Crippen LogP) is 6.58. The first kappa shape index (κ1) is 34.8. The average molecular weight is 659 g/mol. The highest BCUT2D eigenvalue weighted by Crippen LogP contribution is 2.48. The molecular formula is C32H42N5O8P. The van der Waals surface area contributed by atoms with E-state index in [0.29, 0.717) is 13.0 Å². The van der Waals surface area contributed by atoms with Gasteiger partial charge in [0.1, 0.15) is 6.61 Å². The summed E-state index contributed by atoms with van der Waals surface area (Å²) >= 11 is 0. The van der Waals surface area contributed by atoms with Crippen molar-refractivity contribution >= 4 is 44.0 Å². The lowest BCUT2D eigenvalue weighted by molar-refractivity contribution is -0.394. The molecule has 0 spiro atoms. The molecule has 0 bridgehead atoms. The first-order valence-electron chi connectivity index (χ1n) is 15.7. The summed E-state index contributed by atoms with van der Waals surface area (Å²) in [5, 5.41) is 25.8. The highest BCUT2D eigenvalue weighted by Gasteiger charge is 2.37. The minimum absolute atomic E-state index is 0.0436. The normalized spacial score (nSPS) is 17.6. The number of hydrogen-bond donors (Lipinski definition) is 1. The van der Waals surface area contributed by atoms with Crippen LogP contribution in [0.2, 0.25) is 0 Å². The third-order valence-electron chi connectivity index (χ3n) is 6.78. The van der Waals surface area contributed by atoms with Crippen LogP contribution in [0.3, 0.4) is 0 Å². The third-order valence-corrected chi connectivity index (χ3v) is 8.96. The molecule has 3 atom stereocenters. The Bertz CT molecular complexity index is 1460. The Morgan fingerprint density at radius 1 is 1.17 bits per heavy atom. The Morgan fingerprint density at radius 3 is 2.35 bits per heavy atom. The molecule has 1 fully saturated rings. The van der Waals surface area contributed by atoms with Gasteiger partial charge in [-0.25, -0.2) is 11.2 Å². The molecule has 13 nitrogen and oxygen atoms in total. The van der Waals surface area contributed by atoms with Crippen LogP contribution in [0.4, 0.5) is 11.4 Å². The molecule has 1 aliphatic heterocycles. The lowest BCUT2D eigenvalue weighted by atomic mass is 10.1. The third kappa shape index (κ3) is 11.1. The molecule has 2 aromatic carbocycles. The number of nitrogens with zero attached hydrogens (tertiary/aromatic N) is 5. The summed E-state index contributed by atoms with van der Waals surface area (Å²) in [6.07, 6.45) is 6.56. The van der Waals surface area contributed by atoms with Crippen molar-refractivity contribution in [2.24, 2.45) is 0 Å². The van der Waals surface area contributed by atoms with Gasteiger partial charge in [0.25, 0.3) is 19.9 Å². The molecule has 46 heavy (non-hydrogen) atoms. The number of likely N-dealkylation sites (tertiary alicyclic amines) is 1. The SMILES string of the molecule is [2H]C[C@@H]1C[C@@H](OP(OCC[N+]#[C-])N(C(C)C)C(C)C)CN1C(=O)/C=C/c1ccc(/C=C/c2ccc([N+](=O)[O-])cc2[N+](=O)[O-])cc1.[3H]OC. The van der Waals surface area contributed by atoms with Gasteiger partial charge in [-0.2, -0.15) is 0 Å². The minimum atomic E-state index is -1.46. The molecule has 1 saturated heterocycles. The van der Waals surface area contributed by atoms with Crippen LogP contribution in [0.5, 0.6) is 0 Å². The largest absolute Gasteiger partial charge is 0.400 e. The van der Waals surface area contributed by atoms with E-state index in [9.17, 15) is 25.0 Å². The van der Waals surface area contributed by atoms with E-state index in [1.165, 1.54) is 31.4 Å². The number of carbonyl (C=O) groups excluding carboxylic acids is 1. The van der Waals surface area contributed by atoms with Crippen LogP contribution in [0, 0.1) is 26.8 Å². The number of aliphatic hydroxyl groups excluding tert-OH is 1. The van der Waals surface area contributed by atoms with Gasteiger partial charge in [-0.15, -0.1) is 0 Å². The van der Waals surface area contributed by atoms with Crippen LogP contribution in [-0.4, -0.2) is 82.9 Å². The Hall–Kier alpha value is -4.05. The summed E-state index contributed by atoms with van der Waals surface area (Å²) < 4.78 is 28.3. The predicted molar refractivity (Wildman–Crippen MR) is 179 cm³/mol. The molecule has 0 aliphatic carbocycles. The smallest absolute Gasteiger partial charge is 0.283 e. The monoisotopic (exact) mass is 658 g/mol. The fourth-order valence-corrected chi connectivity index (χ4v) is 6.45. The number of aliphatic hydroxyl groups is 1. The zero-order chi connectivity index (χ0) is 35.8. The molecule has 0 saturated carbocycles. The van der Waals surface area contributed by atoms with E-state index in [1.807, 2.05) is 0 Å². The van der Waals surface area contributed by atoms with Crippen LogP contribution in [-0.2, 0) is 13.8 Å². The van der Waals surface area contributed by atoms with E-state index in [1.54, 1.807) is 41.3 Å². The lowest BCUT2D eigenvalue weighted by Crippen LogP contribution is -2.35. The number of benzene rings is 2. The highest BCUT2D eigenvalue weighted by atomic mass is 31.2. The number of amides is 1. The fourth-order valence-electron chi connectivity index (χ4n) is 4.75. The van der Waals surface area contributed by atoms with Crippen molar-refractivity contribution in [1.82, 2.24) is 9.57 Å². The van der Waals surface area contributed by atoms with Crippen molar-refractivity contribution in [1.29, 1.82) is 1.43 Å². The summed E-state index contributed by atoms with van der Waals surface area (Å²) in [5.41, 5.74) is 1.02. The van der Waals surface area contributed by atoms with E-state index in [0.717, 1.165) is 17.2 Å². The van der Waals surface area contributed by atoms with Gasteiger partial charge in [-0.3, -0.25) is 25.0 Å². The molecule has 3 rings (SSSR count). The minimum Gasteiger partial charge on any atom is -0.400 e.